The van der Waals surface area contributed by atoms with E-state index < -0.39 is 5.60 Å². The summed E-state index contributed by atoms with van der Waals surface area (Å²) in [6.07, 6.45) is 6.70. The highest BCUT2D eigenvalue weighted by atomic mass is 16.3. The van der Waals surface area contributed by atoms with Gasteiger partial charge in [0.15, 0.2) is 0 Å². The van der Waals surface area contributed by atoms with E-state index >= 15 is 0 Å². The second kappa shape index (κ2) is 7.56. The summed E-state index contributed by atoms with van der Waals surface area (Å²) in [7, 11) is 0. The third-order valence-corrected chi connectivity index (χ3v) is 6.36. The van der Waals surface area contributed by atoms with Crippen LogP contribution in [0.25, 0.3) is 0 Å². The second-order valence-corrected chi connectivity index (χ2v) is 8.44. The van der Waals surface area contributed by atoms with Crippen LogP contribution in [0.2, 0.25) is 0 Å². The molecule has 5 nitrogen and oxygen atoms in total. The van der Waals surface area contributed by atoms with Crippen molar-refractivity contribution in [3.05, 3.63) is 54.0 Å². The number of nitrogens with zero attached hydrogens (tertiary/aromatic N) is 3. The average Bonchev–Trinajstić information content (AvgIpc) is 3.15. The molecule has 2 N–H and O–H groups in total. The van der Waals surface area contributed by atoms with E-state index in [2.05, 4.69) is 33.9 Å². The van der Waals surface area contributed by atoms with Gasteiger partial charge in [-0.15, -0.1) is 0 Å². The van der Waals surface area contributed by atoms with Crippen molar-refractivity contribution in [2.45, 2.75) is 44.1 Å². The zero-order valence-corrected chi connectivity index (χ0v) is 16.0. The lowest BCUT2D eigenvalue weighted by atomic mass is 9.91. The topological polar surface area (TPSA) is 69.5 Å². The second-order valence-electron chi connectivity index (χ2n) is 8.44. The Hall–Kier alpha value is -1.98. The summed E-state index contributed by atoms with van der Waals surface area (Å²) in [6.45, 7) is 5.27. The molecule has 2 aromatic rings. The third-order valence-electron chi connectivity index (χ3n) is 6.36. The molecule has 5 heteroatoms. The SMILES string of the molecule is CCC(CN1C[C@@H]2C[C@@](O)(Cc3ccccc3)C[C@@H]2C1)c1cnc(O)cn1. The van der Waals surface area contributed by atoms with Gasteiger partial charge in [-0.25, -0.2) is 4.98 Å². The maximum absolute atomic E-state index is 11.1. The molecule has 0 radical (unpaired) electrons. The van der Waals surface area contributed by atoms with Gasteiger partial charge in [0, 0.05) is 32.0 Å². The number of benzene rings is 1. The molecule has 27 heavy (non-hydrogen) atoms. The summed E-state index contributed by atoms with van der Waals surface area (Å²) >= 11 is 0. The average molecular weight is 367 g/mol. The highest BCUT2D eigenvalue weighted by molar-refractivity contribution is 5.18. The van der Waals surface area contributed by atoms with Gasteiger partial charge in [0.25, 0.3) is 0 Å². The Bertz CT molecular complexity index is 736. The normalized spacial score (nSPS) is 29.0. The summed E-state index contributed by atoms with van der Waals surface area (Å²) in [5, 5.41) is 20.5. The predicted octanol–water partition coefficient (Wildman–Crippen LogP) is 2.99. The molecule has 0 bridgehead atoms. The van der Waals surface area contributed by atoms with E-state index in [-0.39, 0.29) is 5.88 Å². The highest BCUT2D eigenvalue weighted by Gasteiger charge is 2.48. The first kappa shape index (κ1) is 18.4. The van der Waals surface area contributed by atoms with Gasteiger partial charge in [0.05, 0.1) is 23.7 Å². The minimum Gasteiger partial charge on any atom is -0.492 e. The van der Waals surface area contributed by atoms with Gasteiger partial charge in [-0.1, -0.05) is 37.3 Å². The molecule has 1 saturated carbocycles. The van der Waals surface area contributed by atoms with E-state index in [0.29, 0.717) is 17.8 Å². The largest absolute Gasteiger partial charge is 0.492 e. The molecule has 0 spiro atoms. The fourth-order valence-corrected chi connectivity index (χ4v) is 5.11. The molecule has 4 rings (SSSR count). The van der Waals surface area contributed by atoms with Gasteiger partial charge in [-0.3, -0.25) is 4.98 Å². The zero-order valence-electron chi connectivity index (χ0n) is 16.0. The van der Waals surface area contributed by atoms with Crippen molar-refractivity contribution >= 4 is 0 Å². The van der Waals surface area contributed by atoms with Gasteiger partial charge in [-0.05, 0) is 36.7 Å². The predicted molar refractivity (Wildman–Crippen MR) is 104 cm³/mol. The maximum Gasteiger partial charge on any atom is 0.229 e. The van der Waals surface area contributed by atoms with E-state index in [1.54, 1.807) is 6.20 Å². The summed E-state index contributed by atoms with van der Waals surface area (Å²) in [5.74, 6) is 1.48. The third kappa shape index (κ3) is 4.14. The number of hydrogen-bond donors (Lipinski definition) is 2. The van der Waals surface area contributed by atoms with Crippen LogP contribution in [0, 0.1) is 11.8 Å². The Labute approximate surface area is 161 Å². The van der Waals surface area contributed by atoms with E-state index in [9.17, 15) is 10.2 Å². The monoisotopic (exact) mass is 367 g/mol. The van der Waals surface area contributed by atoms with Crippen molar-refractivity contribution in [3.8, 4) is 5.88 Å². The van der Waals surface area contributed by atoms with Crippen molar-refractivity contribution in [2.24, 2.45) is 11.8 Å². The molecule has 4 atom stereocenters. The fraction of sp³-hybridized carbons (Fsp3) is 0.545. The summed E-state index contributed by atoms with van der Waals surface area (Å²) < 4.78 is 0. The number of rotatable bonds is 6. The number of likely N-dealkylation sites (tertiary alicyclic amines) is 1. The number of aliphatic hydroxyl groups is 1. The summed E-state index contributed by atoms with van der Waals surface area (Å²) in [6, 6.07) is 10.4. The van der Waals surface area contributed by atoms with Crippen LogP contribution in [0.1, 0.15) is 43.4 Å². The van der Waals surface area contributed by atoms with Crippen LogP contribution in [0.5, 0.6) is 5.88 Å². The zero-order chi connectivity index (χ0) is 18.9. The first-order chi connectivity index (χ1) is 13.0. The van der Waals surface area contributed by atoms with E-state index in [0.717, 1.165) is 51.0 Å². The Morgan fingerprint density at radius 3 is 2.41 bits per heavy atom. The Balaban J connectivity index is 1.34. The van der Waals surface area contributed by atoms with Gasteiger partial charge in [0.2, 0.25) is 5.88 Å². The van der Waals surface area contributed by atoms with E-state index in [4.69, 9.17) is 0 Å². The van der Waals surface area contributed by atoms with Crippen LogP contribution >= 0.6 is 0 Å². The fourth-order valence-electron chi connectivity index (χ4n) is 5.11. The van der Waals surface area contributed by atoms with Crippen LogP contribution in [0.3, 0.4) is 0 Å². The van der Waals surface area contributed by atoms with Gasteiger partial charge in [0.1, 0.15) is 0 Å². The van der Waals surface area contributed by atoms with Gasteiger partial charge < -0.3 is 15.1 Å². The lowest BCUT2D eigenvalue weighted by Gasteiger charge is -2.27. The van der Waals surface area contributed by atoms with Crippen molar-refractivity contribution < 1.29 is 10.2 Å². The Morgan fingerprint density at radius 1 is 1.11 bits per heavy atom. The molecule has 1 aromatic carbocycles. The molecule has 1 aromatic heterocycles. The van der Waals surface area contributed by atoms with Crippen molar-refractivity contribution in [1.29, 1.82) is 0 Å². The van der Waals surface area contributed by atoms with Crippen LogP contribution in [-0.2, 0) is 6.42 Å². The quantitative estimate of drug-likeness (QED) is 0.821. The summed E-state index contributed by atoms with van der Waals surface area (Å²) in [4.78, 5) is 10.9. The smallest absolute Gasteiger partial charge is 0.229 e. The van der Waals surface area contributed by atoms with Gasteiger partial charge in [-0.2, -0.15) is 0 Å². The molecule has 1 unspecified atom stereocenters. The maximum atomic E-state index is 11.1. The van der Waals surface area contributed by atoms with Crippen molar-refractivity contribution in [3.63, 3.8) is 0 Å². The number of fused-ring (bicyclic) bond motifs is 1. The van der Waals surface area contributed by atoms with Crippen molar-refractivity contribution in [1.82, 2.24) is 14.9 Å². The minimum absolute atomic E-state index is 0.0259. The molecule has 0 amide bonds. The molecule has 1 saturated heterocycles. The molecule has 2 heterocycles. The van der Waals surface area contributed by atoms with Crippen LogP contribution in [0.4, 0.5) is 0 Å². The molecule has 2 aliphatic rings. The molecular formula is C22H29N3O2. The van der Waals surface area contributed by atoms with Crippen LogP contribution in [-0.4, -0.2) is 50.3 Å². The Morgan fingerprint density at radius 2 is 1.81 bits per heavy atom. The van der Waals surface area contributed by atoms with Crippen LogP contribution < -0.4 is 0 Å². The number of aromatic nitrogens is 2. The molecule has 1 aliphatic heterocycles. The van der Waals surface area contributed by atoms with E-state index in [1.807, 2.05) is 18.2 Å². The molecule has 2 fully saturated rings. The van der Waals surface area contributed by atoms with Crippen molar-refractivity contribution in [2.75, 3.05) is 19.6 Å². The lowest BCUT2D eigenvalue weighted by Crippen LogP contribution is -2.33. The van der Waals surface area contributed by atoms with E-state index in [1.165, 1.54) is 11.8 Å². The highest BCUT2D eigenvalue weighted by Crippen LogP contribution is 2.45. The summed E-state index contributed by atoms with van der Waals surface area (Å²) in [5.41, 5.74) is 1.64. The molecule has 1 aliphatic carbocycles. The minimum atomic E-state index is -0.546. The number of hydrogen-bond acceptors (Lipinski definition) is 5. The molecular weight excluding hydrogens is 338 g/mol. The van der Waals surface area contributed by atoms with Crippen LogP contribution in [0.15, 0.2) is 42.7 Å². The first-order valence-electron chi connectivity index (χ1n) is 10.0. The molecule has 144 valence electrons. The lowest BCUT2D eigenvalue weighted by molar-refractivity contribution is 0.0352. The van der Waals surface area contributed by atoms with Gasteiger partial charge >= 0.3 is 0 Å². The number of aromatic hydroxyl groups is 1. The standard InChI is InChI=1S/C22H29N3O2/c1-2-17(20-11-24-21(26)12-23-20)13-25-14-18-9-22(27,10-19(18)15-25)8-16-6-4-3-5-7-16/h3-7,11-12,17-19,27H,2,8-10,13-15H2,1H3,(H,24,26)/t17?,18-,19+,22-. The Kier molecular flexibility index (Phi) is 5.15. The first-order valence-corrected chi connectivity index (χ1v) is 10.0.